The van der Waals surface area contributed by atoms with E-state index in [0.717, 1.165) is 50.7 Å². The molecule has 0 saturated carbocycles. The predicted octanol–water partition coefficient (Wildman–Crippen LogP) is 2.71. The first-order chi connectivity index (χ1) is 14.4. The third-order valence-corrected chi connectivity index (χ3v) is 7.28. The second-order valence-corrected chi connectivity index (χ2v) is 9.80. The molecule has 0 aromatic carbocycles. The summed E-state index contributed by atoms with van der Waals surface area (Å²) < 4.78 is 7.53. The van der Waals surface area contributed by atoms with Crippen LogP contribution in [0.2, 0.25) is 0 Å². The van der Waals surface area contributed by atoms with Gasteiger partial charge in [-0.1, -0.05) is 25.0 Å². The lowest BCUT2D eigenvalue weighted by atomic mass is 9.71. The highest BCUT2D eigenvalue weighted by Gasteiger charge is 2.29. The normalized spacial score (nSPS) is 24.6. The van der Waals surface area contributed by atoms with E-state index in [0.29, 0.717) is 25.2 Å². The SMILES string of the molecule is CC1=C(CCN2CCc3nnc(CNC(=O)[C@H]4CCOC4)n3CC2)C(C)(C)CCC1. The van der Waals surface area contributed by atoms with Gasteiger partial charge in [0.2, 0.25) is 5.91 Å². The van der Waals surface area contributed by atoms with Crippen LogP contribution in [-0.2, 0) is 29.0 Å². The highest BCUT2D eigenvalue weighted by molar-refractivity contribution is 5.78. The third kappa shape index (κ3) is 4.78. The number of amides is 1. The van der Waals surface area contributed by atoms with E-state index in [2.05, 4.69) is 45.8 Å². The minimum Gasteiger partial charge on any atom is -0.381 e. The smallest absolute Gasteiger partial charge is 0.225 e. The fourth-order valence-electron chi connectivity index (χ4n) is 5.33. The Labute approximate surface area is 180 Å². The second kappa shape index (κ2) is 9.18. The summed E-state index contributed by atoms with van der Waals surface area (Å²) in [6.07, 6.45) is 6.80. The van der Waals surface area contributed by atoms with E-state index < -0.39 is 0 Å². The van der Waals surface area contributed by atoms with E-state index in [9.17, 15) is 4.79 Å². The first-order valence-corrected chi connectivity index (χ1v) is 11.6. The molecule has 0 spiro atoms. The summed E-state index contributed by atoms with van der Waals surface area (Å²) in [4.78, 5) is 14.8. The molecule has 1 atom stereocenters. The molecule has 1 N–H and O–H groups in total. The Kier molecular flexibility index (Phi) is 6.58. The zero-order chi connectivity index (χ0) is 21.1. The van der Waals surface area contributed by atoms with Crippen LogP contribution in [0.5, 0.6) is 0 Å². The van der Waals surface area contributed by atoms with Crippen molar-refractivity contribution in [2.45, 2.75) is 72.4 Å². The van der Waals surface area contributed by atoms with Crippen molar-refractivity contribution >= 4 is 5.91 Å². The molecule has 2 aliphatic heterocycles. The van der Waals surface area contributed by atoms with E-state index in [4.69, 9.17) is 4.74 Å². The number of aromatic nitrogens is 3. The van der Waals surface area contributed by atoms with Gasteiger partial charge in [-0.15, -0.1) is 10.2 Å². The van der Waals surface area contributed by atoms with Gasteiger partial charge in [-0.3, -0.25) is 4.79 Å². The first-order valence-electron chi connectivity index (χ1n) is 11.6. The summed E-state index contributed by atoms with van der Waals surface area (Å²) >= 11 is 0. The highest BCUT2D eigenvalue weighted by atomic mass is 16.5. The fourth-order valence-corrected chi connectivity index (χ4v) is 5.33. The van der Waals surface area contributed by atoms with Crippen molar-refractivity contribution in [1.29, 1.82) is 0 Å². The number of allylic oxidation sites excluding steroid dienone is 1. The van der Waals surface area contributed by atoms with Gasteiger partial charge in [0.05, 0.1) is 19.1 Å². The maximum Gasteiger partial charge on any atom is 0.225 e. The Morgan fingerprint density at radius 1 is 1.23 bits per heavy atom. The number of hydrogen-bond donors (Lipinski definition) is 1. The quantitative estimate of drug-likeness (QED) is 0.724. The Balaban J connectivity index is 1.31. The minimum atomic E-state index is -0.0196. The lowest BCUT2D eigenvalue weighted by Gasteiger charge is -2.35. The molecule has 3 aliphatic rings. The summed E-state index contributed by atoms with van der Waals surface area (Å²) in [7, 11) is 0. The van der Waals surface area contributed by atoms with Gasteiger partial charge in [-0.25, -0.2) is 0 Å². The van der Waals surface area contributed by atoms with E-state index in [1.165, 1.54) is 25.7 Å². The van der Waals surface area contributed by atoms with Crippen LogP contribution in [-0.4, -0.2) is 58.4 Å². The van der Waals surface area contributed by atoms with E-state index in [1.807, 2.05) is 0 Å². The number of carbonyl (C=O) groups excluding carboxylic acids is 1. The Morgan fingerprint density at radius 3 is 2.87 bits per heavy atom. The van der Waals surface area contributed by atoms with Crippen LogP contribution in [0.4, 0.5) is 0 Å². The molecule has 1 saturated heterocycles. The molecule has 0 bridgehead atoms. The predicted molar refractivity (Wildman–Crippen MR) is 116 cm³/mol. The monoisotopic (exact) mass is 415 g/mol. The Morgan fingerprint density at radius 2 is 2.10 bits per heavy atom. The average molecular weight is 416 g/mol. The van der Waals surface area contributed by atoms with Crippen LogP contribution in [0, 0.1) is 11.3 Å². The van der Waals surface area contributed by atoms with Crippen LogP contribution >= 0.6 is 0 Å². The van der Waals surface area contributed by atoms with E-state index in [1.54, 1.807) is 11.1 Å². The summed E-state index contributed by atoms with van der Waals surface area (Å²) in [6.45, 7) is 12.9. The van der Waals surface area contributed by atoms with Gasteiger partial charge in [0, 0.05) is 39.2 Å². The number of hydrogen-bond acceptors (Lipinski definition) is 5. The molecule has 166 valence electrons. The molecule has 3 heterocycles. The highest BCUT2D eigenvalue weighted by Crippen LogP contribution is 2.41. The van der Waals surface area contributed by atoms with Crippen molar-refractivity contribution in [1.82, 2.24) is 25.0 Å². The van der Waals surface area contributed by atoms with Gasteiger partial charge in [0.1, 0.15) is 5.82 Å². The maximum absolute atomic E-state index is 12.3. The molecular formula is C23H37N5O2. The van der Waals surface area contributed by atoms with E-state index in [-0.39, 0.29) is 11.8 Å². The molecule has 1 aliphatic carbocycles. The molecule has 1 amide bonds. The van der Waals surface area contributed by atoms with Crippen molar-refractivity contribution in [3.63, 3.8) is 0 Å². The zero-order valence-electron chi connectivity index (χ0n) is 18.9. The number of ether oxygens (including phenoxy) is 1. The second-order valence-electron chi connectivity index (χ2n) is 9.80. The maximum atomic E-state index is 12.3. The third-order valence-electron chi connectivity index (χ3n) is 7.28. The molecule has 7 heteroatoms. The molecule has 0 unspecified atom stereocenters. The van der Waals surface area contributed by atoms with Gasteiger partial charge < -0.3 is 19.5 Å². The minimum absolute atomic E-state index is 0.0196. The standard InChI is InChI=1S/C23H37N5O2/c1-17-5-4-9-23(2,3)19(17)6-10-27-11-7-20-25-26-21(28(20)13-12-27)15-24-22(29)18-8-14-30-16-18/h18H,4-16H2,1-3H3,(H,24,29)/t18-/m0/s1. The summed E-state index contributed by atoms with van der Waals surface area (Å²) in [6, 6.07) is 0. The number of carbonyl (C=O) groups is 1. The van der Waals surface area contributed by atoms with Crippen LogP contribution in [0.15, 0.2) is 11.1 Å². The van der Waals surface area contributed by atoms with E-state index >= 15 is 0 Å². The fraction of sp³-hybridized carbons (Fsp3) is 0.783. The lowest BCUT2D eigenvalue weighted by Crippen LogP contribution is -2.32. The summed E-state index contributed by atoms with van der Waals surface area (Å²) in [5.74, 6) is 1.96. The Bertz CT molecular complexity index is 792. The largest absolute Gasteiger partial charge is 0.381 e. The molecule has 1 aromatic rings. The number of nitrogens with one attached hydrogen (secondary N) is 1. The number of fused-ring (bicyclic) bond motifs is 1. The molecule has 30 heavy (non-hydrogen) atoms. The number of rotatable bonds is 6. The average Bonchev–Trinajstić information content (AvgIpc) is 3.33. The van der Waals surface area contributed by atoms with Crippen molar-refractivity contribution in [3.05, 3.63) is 22.8 Å². The molecular weight excluding hydrogens is 378 g/mol. The Hall–Kier alpha value is -1.73. The molecule has 7 nitrogen and oxygen atoms in total. The number of nitrogens with zero attached hydrogens (tertiary/aromatic N) is 4. The van der Waals surface area contributed by atoms with Gasteiger partial charge in [-0.05, 0) is 44.4 Å². The zero-order valence-corrected chi connectivity index (χ0v) is 18.9. The van der Waals surface area contributed by atoms with Gasteiger partial charge in [-0.2, -0.15) is 0 Å². The van der Waals surface area contributed by atoms with Crippen molar-refractivity contribution in [2.75, 3.05) is 32.8 Å². The van der Waals surface area contributed by atoms with Crippen LogP contribution in [0.3, 0.4) is 0 Å². The molecule has 4 rings (SSSR count). The molecule has 1 fully saturated rings. The lowest BCUT2D eigenvalue weighted by molar-refractivity contribution is -0.125. The summed E-state index contributed by atoms with van der Waals surface area (Å²) in [5.41, 5.74) is 3.64. The van der Waals surface area contributed by atoms with Crippen LogP contribution < -0.4 is 5.32 Å². The van der Waals surface area contributed by atoms with Gasteiger partial charge in [0.25, 0.3) is 0 Å². The molecule has 0 radical (unpaired) electrons. The molecule has 1 aromatic heterocycles. The van der Waals surface area contributed by atoms with Crippen molar-refractivity contribution in [3.8, 4) is 0 Å². The van der Waals surface area contributed by atoms with Gasteiger partial charge >= 0.3 is 0 Å². The van der Waals surface area contributed by atoms with Crippen molar-refractivity contribution in [2.24, 2.45) is 11.3 Å². The van der Waals surface area contributed by atoms with Gasteiger partial charge in [0.15, 0.2) is 5.82 Å². The topological polar surface area (TPSA) is 72.3 Å². The summed E-state index contributed by atoms with van der Waals surface area (Å²) in [5, 5.41) is 11.8. The van der Waals surface area contributed by atoms with Crippen LogP contribution in [0.1, 0.15) is 64.5 Å². The van der Waals surface area contributed by atoms with Crippen molar-refractivity contribution < 1.29 is 9.53 Å². The van der Waals surface area contributed by atoms with Crippen LogP contribution in [0.25, 0.3) is 0 Å². The first kappa shape index (κ1) is 21.5.